The van der Waals surface area contributed by atoms with Gasteiger partial charge >= 0.3 is 0 Å². The van der Waals surface area contributed by atoms with E-state index >= 15 is 0 Å². The second kappa shape index (κ2) is 14.6. The molecule has 0 unspecified atom stereocenters. The molecule has 306 valence electrons. The Hall–Kier alpha value is -8.30. The lowest BCUT2D eigenvalue weighted by Crippen LogP contribution is -1.94. The average molecular weight is 854 g/mol. The van der Waals surface area contributed by atoms with Gasteiger partial charge in [0.25, 0.3) is 0 Å². The van der Waals surface area contributed by atoms with Crippen molar-refractivity contribution in [2.45, 2.75) is 0 Å². The Bertz CT molecular complexity index is 4210. The maximum atomic E-state index is 2.44. The van der Waals surface area contributed by atoms with Gasteiger partial charge in [-0.1, -0.05) is 200 Å². The van der Waals surface area contributed by atoms with E-state index in [1.54, 1.807) is 0 Å². The van der Waals surface area contributed by atoms with Gasteiger partial charge in [0.2, 0.25) is 0 Å². The lowest BCUT2D eigenvalue weighted by Gasteiger charge is -2.18. The van der Waals surface area contributed by atoms with Crippen LogP contribution in [-0.2, 0) is 0 Å². The van der Waals surface area contributed by atoms with Gasteiger partial charge in [0, 0.05) is 42.2 Å². The van der Waals surface area contributed by atoms with E-state index in [1.165, 1.54) is 130 Å². The maximum Gasteiger partial charge on any atom is 0.0541 e. The zero-order valence-electron chi connectivity index (χ0n) is 35.9. The number of hydrogen-bond acceptors (Lipinski definition) is 1. The Morgan fingerprint density at radius 2 is 0.742 bits per heavy atom. The molecule has 2 aromatic heterocycles. The zero-order valence-corrected chi connectivity index (χ0v) is 36.7. The number of fused-ring (bicyclic) bond motifs is 11. The Balaban J connectivity index is 0.907. The summed E-state index contributed by atoms with van der Waals surface area (Å²) in [5.41, 5.74) is 13.6. The molecule has 0 atom stereocenters. The molecule has 0 fully saturated rings. The van der Waals surface area contributed by atoms with E-state index in [2.05, 4.69) is 241 Å². The van der Waals surface area contributed by atoms with Crippen LogP contribution in [0.3, 0.4) is 0 Å². The molecule has 14 rings (SSSR count). The minimum Gasteiger partial charge on any atom is -0.309 e. The van der Waals surface area contributed by atoms with Gasteiger partial charge in [-0.15, -0.1) is 11.3 Å². The molecule has 12 aromatic carbocycles. The van der Waals surface area contributed by atoms with Crippen LogP contribution in [-0.4, -0.2) is 4.57 Å². The van der Waals surface area contributed by atoms with Gasteiger partial charge in [-0.2, -0.15) is 0 Å². The van der Waals surface area contributed by atoms with Crippen LogP contribution in [0.15, 0.2) is 237 Å². The summed E-state index contributed by atoms with van der Waals surface area (Å²) in [7, 11) is 0. The van der Waals surface area contributed by atoms with Crippen molar-refractivity contribution >= 4 is 96.4 Å². The first-order valence-electron chi connectivity index (χ1n) is 22.8. The highest BCUT2D eigenvalue weighted by atomic mass is 32.1. The molecule has 0 aliphatic heterocycles. The topological polar surface area (TPSA) is 4.93 Å². The highest BCUT2D eigenvalue weighted by Crippen LogP contribution is 2.48. The van der Waals surface area contributed by atoms with Gasteiger partial charge in [-0.25, -0.2) is 0 Å². The molecule has 14 aromatic rings. The van der Waals surface area contributed by atoms with Crippen LogP contribution in [0.25, 0.3) is 135 Å². The van der Waals surface area contributed by atoms with E-state index in [0.717, 1.165) is 5.69 Å². The molecule has 2 heterocycles. The first-order valence-corrected chi connectivity index (χ1v) is 23.6. The van der Waals surface area contributed by atoms with Crippen molar-refractivity contribution in [1.29, 1.82) is 0 Å². The molecule has 0 aliphatic rings. The lowest BCUT2D eigenvalue weighted by atomic mass is 9.86. The molecule has 0 saturated carbocycles. The van der Waals surface area contributed by atoms with E-state index in [-0.39, 0.29) is 0 Å². The predicted octanol–water partition coefficient (Wildman–Crippen LogP) is 18.4. The number of hydrogen-bond donors (Lipinski definition) is 0. The first kappa shape index (κ1) is 37.1. The molecule has 0 radical (unpaired) electrons. The quantitative estimate of drug-likeness (QED) is 0.120. The fourth-order valence-corrected chi connectivity index (χ4v) is 12.5. The third-order valence-electron chi connectivity index (χ3n) is 14.0. The highest BCUT2D eigenvalue weighted by Gasteiger charge is 2.20. The van der Waals surface area contributed by atoms with Gasteiger partial charge in [-0.05, 0) is 118 Å². The van der Waals surface area contributed by atoms with Crippen LogP contribution < -0.4 is 0 Å². The predicted molar refractivity (Wildman–Crippen MR) is 285 cm³/mol. The summed E-state index contributed by atoms with van der Waals surface area (Å²) in [6.07, 6.45) is 0. The van der Waals surface area contributed by atoms with Crippen molar-refractivity contribution in [3.05, 3.63) is 237 Å². The first-order chi connectivity index (χ1) is 32.8. The molecule has 2 heteroatoms. The van der Waals surface area contributed by atoms with Crippen molar-refractivity contribution in [2.75, 3.05) is 0 Å². The number of aromatic nitrogens is 1. The average Bonchev–Trinajstić information content (AvgIpc) is 3.94. The Morgan fingerprint density at radius 1 is 0.258 bits per heavy atom. The molecule has 0 bridgehead atoms. The third-order valence-corrected chi connectivity index (χ3v) is 15.3. The molecule has 0 aliphatic carbocycles. The van der Waals surface area contributed by atoms with Crippen LogP contribution in [0.1, 0.15) is 0 Å². The number of thiophene rings is 1. The van der Waals surface area contributed by atoms with E-state index in [9.17, 15) is 0 Å². The summed E-state index contributed by atoms with van der Waals surface area (Å²) in [4.78, 5) is 0. The SMILES string of the molecule is c1ccc(-c2c3ccccc3c(-c3ccc(-n4c5ccccc5c5cc(-c6cccc7c6sc6c(-c8cc9ccccc9c9ccccc89)cccc67)ccc54)cc3)c3ccccc23)cc1. The Labute approximate surface area is 385 Å². The van der Waals surface area contributed by atoms with Gasteiger partial charge < -0.3 is 4.57 Å². The fourth-order valence-electron chi connectivity index (χ4n) is 11.1. The number of nitrogens with zero attached hydrogens (tertiary/aromatic N) is 1. The normalized spacial score (nSPS) is 11.9. The standard InChI is InChI=1S/C64H39NS/c1-2-16-40(17-3-1)61-50-23-8-10-25-52(50)62(53-26-11-9-24-51(53)61)41-32-35-44(36-33-41)65-59-31-13-12-22-49(59)58-39-43(34-37-60(58)65)46-27-14-28-54-55-29-15-30-56(64(55)66-63(46)54)57-38-42-18-4-5-19-45(42)47-20-6-7-21-48(47)57/h1-39H. The molecule has 66 heavy (non-hydrogen) atoms. The third kappa shape index (κ3) is 5.52. The van der Waals surface area contributed by atoms with Crippen LogP contribution in [0.4, 0.5) is 0 Å². The summed E-state index contributed by atoms with van der Waals surface area (Å²) >= 11 is 1.92. The van der Waals surface area contributed by atoms with E-state index < -0.39 is 0 Å². The van der Waals surface area contributed by atoms with Crippen molar-refractivity contribution in [2.24, 2.45) is 0 Å². The van der Waals surface area contributed by atoms with E-state index in [0.29, 0.717) is 0 Å². The molecule has 0 N–H and O–H groups in total. The van der Waals surface area contributed by atoms with Crippen LogP contribution in [0, 0.1) is 0 Å². The molecular weight excluding hydrogens is 815 g/mol. The summed E-state index contributed by atoms with van der Waals surface area (Å²) < 4.78 is 5.09. The van der Waals surface area contributed by atoms with Crippen molar-refractivity contribution in [1.82, 2.24) is 4.57 Å². The van der Waals surface area contributed by atoms with Crippen molar-refractivity contribution in [3.8, 4) is 50.2 Å². The van der Waals surface area contributed by atoms with Gasteiger partial charge in [0.15, 0.2) is 0 Å². The smallest absolute Gasteiger partial charge is 0.0541 e. The monoisotopic (exact) mass is 853 g/mol. The fraction of sp³-hybridized carbons (Fsp3) is 0. The second-order valence-corrected chi connectivity index (χ2v) is 18.5. The van der Waals surface area contributed by atoms with Crippen molar-refractivity contribution < 1.29 is 0 Å². The number of para-hydroxylation sites is 1. The minimum atomic E-state index is 1.15. The molecule has 0 spiro atoms. The Morgan fingerprint density at radius 3 is 1.42 bits per heavy atom. The van der Waals surface area contributed by atoms with Crippen LogP contribution >= 0.6 is 11.3 Å². The summed E-state index contributed by atoms with van der Waals surface area (Å²) in [6, 6.07) is 87.5. The molecular formula is C64H39NS. The van der Waals surface area contributed by atoms with E-state index in [1.807, 2.05) is 11.3 Å². The Kier molecular flexibility index (Phi) is 8.22. The summed E-state index contributed by atoms with van der Waals surface area (Å²) in [5, 5.41) is 15.3. The largest absolute Gasteiger partial charge is 0.309 e. The zero-order chi connectivity index (χ0) is 43.3. The second-order valence-electron chi connectivity index (χ2n) is 17.5. The minimum absolute atomic E-state index is 1.15. The molecule has 1 nitrogen and oxygen atoms in total. The molecule has 0 amide bonds. The van der Waals surface area contributed by atoms with E-state index in [4.69, 9.17) is 0 Å². The van der Waals surface area contributed by atoms with Gasteiger partial charge in [0.1, 0.15) is 0 Å². The number of benzene rings is 12. The van der Waals surface area contributed by atoms with Crippen molar-refractivity contribution in [3.63, 3.8) is 0 Å². The highest BCUT2D eigenvalue weighted by molar-refractivity contribution is 7.26. The van der Waals surface area contributed by atoms with Gasteiger partial charge in [0.05, 0.1) is 11.0 Å². The van der Waals surface area contributed by atoms with Crippen LogP contribution in [0.2, 0.25) is 0 Å². The van der Waals surface area contributed by atoms with Gasteiger partial charge in [-0.3, -0.25) is 0 Å². The lowest BCUT2D eigenvalue weighted by molar-refractivity contribution is 1.18. The van der Waals surface area contributed by atoms with Crippen LogP contribution in [0.5, 0.6) is 0 Å². The summed E-state index contributed by atoms with van der Waals surface area (Å²) in [6.45, 7) is 0. The summed E-state index contributed by atoms with van der Waals surface area (Å²) in [5.74, 6) is 0. The molecule has 0 saturated heterocycles. The maximum absolute atomic E-state index is 2.44. The number of rotatable bonds is 5.